The summed E-state index contributed by atoms with van der Waals surface area (Å²) in [5.74, 6) is 0.0670. The topological polar surface area (TPSA) is 56.1 Å². The Hall–Kier alpha value is -2.02. The van der Waals surface area contributed by atoms with Gasteiger partial charge in [-0.3, -0.25) is 4.79 Å². The summed E-state index contributed by atoms with van der Waals surface area (Å²) in [7, 11) is 0. The molecule has 0 aliphatic carbocycles. The Morgan fingerprint density at radius 1 is 1.41 bits per heavy atom. The minimum Gasteiger partial charge on any atom is -0.376 e. The largest absolute Gasteiger partial charge is 0.376 e. The first-order valence-corrected chi connectivity index (χ1v) is 5.73. The molecule has 4 heteroatoms. The Kier molecular flexibility index (Phi) is 5.02. The number of amides is 1. The monoisotopic (exact) mass is 231 g/mol. The molecule has 0 spiro atoms. The highest BCUT2D eigenvalue weighted by Gasteiger charge is 2.08. The number of nitriles is 1. The van der Waals surface area contributed by atoms with Crippen LogP contribution < -0.4 is 5.32 Å². The van der Waals surface area contributed by atoms with Crippen molar-refractivity contribution in [2.45, 2.75) is 13.8 Å². The number of hydrogen-bond acceptors (Lipinski definition) is 3. The summed E-state index contributed by atoms with van der Waals surface area (Å²) in [5, 5.41) is 11.8. The van der Waals surface area contributed by atoms with Crippen LogP contribution in [0, 0.1) is 11.3 Å². The van der Waals surface area contributed by atoms with Crippen molar-refractivity contribution in [1.82, 2.24) is 4.90 Å². The number of nitrogens with one attached hydrogen (secondary N) is 1. The highest BCUT2D eigenvalue weighted by Crippen LogP contribution is 2.09. The molecule has 0 saturated carbocycles. The van der Waals surface area contributed by atoms with Crippen molar-refractivity contribution < 1.29 is 4.79 Å². The standard InChI is InChI=1S/C13H17N3O/c1-3-16(4-2)13(17)10-15-12-7-5-6-11(8-12)9-14/h5-8,15H,3-4,10H2,1-2H3. The zero-order valence-corrected chi connectivity index (χ0v) is 10.2. The quantitative estimate of drug-likeness (QED) is 0.841. The molecular weight excluding hydrogens is 214 g/mol. The van der Waals surface area contributed by atoms with Gasteiger partial charge in [-0.05, 0) is 32.0 Å². The fourth-order valence-corrected chi connectivity index (χ4v) is 1.56. The van der Waals surface area contributed by atoms with Crippen LogP contribution in [0.2, 0.25) is 0 Å². The number of rotatable bonds is 5. The smallest absolute Gasteiger partial charge is 0.241 e. The Morgan fingerprint density at radius 3 is 2.71 bits per heavy atom. The van der Waals surface area contributed by atoms with E-state index in [0.717, 1.165) is 18.8 Å². The number of likely N-dealkylation sites (N-methyl/N-ethyl adjacent to an activating group) is 1. The van der Waals surface area contributed by atoms with E-state index in [4.69, 9.17) is 5.26 Å². The van der Waals surface area contributed by atoms with Gasteiger partial charge in [0.25, 0.3) is 0 Å². The van der Waals surface area contributed by atoms with Crippen molar-refractivity contribution in [1.29, 1.82) is 5.26 Å². The molecule has 1 N–H and O–H groups in total. The van der Waals surface area contributed by atoms with Crippen molar-refractivity contribution in [3.05, 3.63) is 29.8 Å². The van der Waals surface area contributed by atoms with E-state index < -0.39 is 0 Å². The Bertz CT molecular complexity index is 419. The summed E-state index contributed by atoms with van der Waals surface area (Å²) in [6, 6.07) is 9.17. The van der Waals surface area contributed by atoms with Crippen LogP contribution in [0.1, 0.15) is 19.4 Å². The van der Waals surface area contributed by atoms with E-state index in [-0.39, 0.29) is 12.5 Å². The van der Waals surface area contributed by atoms with E-state index in [1.807, 2.05) is 19.9 Å². The van der Waals surface area contributed by atoms with Crippen molar-refractivity contribution in [3.63, 3.8) is 0 Å². The van der Waals surface area contributed by atoms with Gasteiger partial charge in [0.05, 0.1) is 18.2 Å². The predicted molar refractivity (Wildman–Crippen MR) is 67.6 cm³/mol. The van der Waals surface area contributed by atoms with Crippen molar-refractivity contribution >= 4 is 11.6 Å². The molecule has 1 amide bonds. The van der Waals surface area contributed by atoms with E-state index in [2.05, 4.69) is 11.4 Å². The van der Waals surface area contributed by atoms with Gasteiger partial charge >= 0.3 is 0 Å². The first-order valence-electron chi connectivity index (χ1n) is 5.73. The lowest BCUT2D eigenvalue weighted by atomic mass is 10.2. The third-order valence-corrected chi connectivity index (χ3v) is 2.55. The van der Waals surface area contributed by atoms with Crippen LogP contribution in [0.25, 0.3) is 0 Å². The number of anilines is 1. The van der Waals surface area contributed by atoms with E-state index in [1.54, 1.807) is 23.1 Å². The van der Waals surface area contributed by atoms with Gasteiger partial charge in [-0.1, -0.05) is 6.07 Å². The van der Waals surface area contributed by atoms with Crippen LogP contribution in [-0.2, 0) is 4.79 Å². The van der Waals surface area contributed by atoms with Crippen molar-refractivity contribution in [3.8, 4) is 6.07 Å². The Labute approximate surface area is 102 Å². The Balaban J connectivity index is 2.55. The van der Waals surface area contributed by atoms with E-state index in [0.29, 0.717) is 5.56 Å². The van der Waals surface area contributed by atoms with E-state index in [9.17, 15) is 4.79 Å². The summed E-state index contributed by atoms with van der Waals surface area (Å²) in [6.45, 7) is 5.61. The molecule has 0 unspecified atom stereocenters. The van der Waals surface area contributed by atoms with Crippen LogP contribution >= 0.6 is 0 Å². The molecule has 4 nitrogen and oxygen atoms in total. The summed E-state index contributed by atoms with van der Waals surface area (Å²) < 4.78 is 0. The number of nitrogens with zero attached hydrogens (tertiary/aromatic N) is 2. The van der Waals surface area contributed by atoms with Crippen molar-refractivity contribution in [2.24, 2.45) is 0 Å². The van der Waals surface area contributed by atoms with Gasteiger partial charge in [-0.25, -0.2) is 0 Å². The lowest BCUT2D eigenvalue weighted by Crippen LogP contribution is -2.35. The maximum Gasteiger partial charge on any atom is 0.241 e. The maximum absolute atomic E-state index is 11.7. The molecule has 0 aromatic heterocycles. The first-order chi connectivity index (χ1) is 8.21. The first kappa shape index (κ1) is 13.0. The zero-order valence-electron chi connectivity index (χ0n) is 10.2. The highest BCUT2D eigenvalue weighted by atomic mass is 16.2. The minimum absolute atomic E-state index is 0.0670. The van der Waals surface area contributed by atoms with Gasteiger partial charge in [-0.2, -0.15) is 5.26 Å². The molecule has 0 aliphatic heterocycles. The number of benzene rings is 1. The summed E-state index contributed by atoms with van der Waals surface area (Å²) in [4.78, 5) is 13.5. The maximum atomic E-state index is 11.7. The highest BCUT2D eigenvalue weighted by molar-refractivity contribution is 5.80. The second-order valence-electron chi connectivity index (χ2n) is 3.61. The molecule has 1 aromatic carbocycles. The average molecular weight is 231 g/mol. The van der Waals surface area contributed by atoms with Crippen LogP contribution in [0.3, 0.4) is 0 Å². The molecule has 0 atom stereocenters. The fourth-order valence-electron chi connectivity index (χ4n) is 1.56. The van der Waals surface area contributed by atoms with Crippen LogP contribution in [-0.4, -0.2) is 30.4 Å². The summed E-state index contributed by atoms with van der Waals surface area (Å²) >= 11 is 0. The van der Waals surface area contributed by atoms with E-state index >= 15 is 0 Å². The number of carbonyl (C=O) groups is 1. The molecule has 17 heavy (non-hydrogen) atoms. The van der Waals surface area contributed by atoms with Gasteiger partial charge in [-0.15, -0.1) is 0 Å². The molecule has 0 saturated heterocycles. The number of carbonyl (C=O) groups excluding carboxylic acids is 1. The second kappa shape index (κ2) is 6.54. The van der Waals surface area contributed by atoms with E-state index in [1.165, 1.54) is 0 Å². The fraction of sp³-hybridized carbons (Fsp3) is 0.385. The van der Waals surface area contributed by atoms with Gasteiger partial charge in [0.1, 0.15) is 0 Å². The zero-order chi connectivity index (χ0) is 12.7. The molecular formula is C13H17N3O. The van der Waals surface area contributed by atoms with Crippen molar-refractivity contribution in [2.75, 3.05) is 25.0 Å². The molecule has 1 aromatic rings. The normalized spacial score (nSPS) is 9.47. The summed E-state index contributed by atoms with van der Waals surface area (Å²) in [6.07, 6.45) is 0. The third kappa shape index (κ3) is 3.80. The molecule has 1 rings (SSSR count). The predicted octanol–water partition coefficient (Wildman–Crippen LogP) is 1.84. The SMILES string of the molecule is CCN(CC)C(=O)CNc1cccc(C#N)c1. The van der Waals surface area contributed by atoms with Gasteiger partial charge in [0, 0.05) is 18.8 Å². The molecule has 0 bridgehead atoms. The second-order valence-corrected chi connectivity index (χ2v) is 3.61. The van der Waals surface area contributed by atoms with Crippen LogP contribution in [0.4, 0.5) is 5.69 Å². The lowest BCUT2D eigenvalue weighted by molar-refractivity contribution is -0.128. The minimum atomic E-state index is 0.0670. The molecule has 0 heterocycles. The van der Waals surface area contributed by atoms with Gasteiger partial charge in [0.15, 0.2) is 0 Å². The molecule has 0 fully saturated rings. The lowest BCUT2D eigenvalue weighted by Gasteiger charge is -2.19. The summed E-state index contributed by atoms with van der Waals surface area (Å²) in [5.41, 5.74) is 1.38. The molecule has 0 aliphatic rings. The van der Waals surface area contributed by atoms with Crippen LogP contribution in [0.5, 0.6) is 0 Å². The molecule has 90 valence electrons. The van der Waals surface area contributed by atoms with Gasteiger partial charge < -0.3 is 10.2 Å². The average Bonchev–Trinajstić information content (AvgIpc) is 2.38. The number of hydrogen-bond donors (Lipinski definition) is 1. The third-order valence-electron chi connectivity index (χ3n) is 2.55. The Morgan fingerprint density at radius 2 is 2.12 bits per heavy atom. The van der Waals surface area contributed by atoms with Crippen LogP contribution in [0.15, 0.2) is 24.3 Å². The molecule has 0 radical (unpaired) electrons. The van der Waals surface area contributed by atoms with Gasteiger partial charge in [0.2, 0.25) is 5.91 Å².